The summed E-state index contributed by atoms with van der Waals surface area (Å²) in [5.41, 5.74) is -3.32. The third-order valence-electron chi connectivity index (χ3n) is 1.83. The topological polar surface area (TPSA) is 260 Å². The molecule has 0 spiro atoms. The monoisotopic (exact) mass is 421 g/mol. The minimum absolute atomic E-state index is 0.224. The minimum Gasteiger partial charge on any atom is -0.478 e. The number of nitrogens with zero attached hydrogens (tertiary/aromatic N) is 1. The number of hydrogen-bond acceptors (Lipinski definition) is 9. The van der Waals surface area contributed by atoms with Crippen LogP contribution in [0, 0.1) is 0 Å². The molecule has 0 amide bonds. The lowest BCUT2D eigenvalue weighted by Gasteiger charge is -2.13. The molecular formula is C14H19N3O12. The Labute approximate surface area is 160 Å². The van der Waals surface area contributed by atoms with Crippen molar-refractivity contribution in [2.24, 2.45) is 0 Å². The van der Waals surface area contributed by atoms with Crippen LogP contribution in [0.1, 0.15) is 0 Å². The summed E-state index contributed by atoms with van der Waals surface area (Å²) in [5.74, 6) is -6.14. The van der Waals surface area contributed by atoms with Crippen LogP contribution in [0.15, 0.2) is 52.3 Å². The quantitative estimate of drug-likeness (QED) is 0.171. The predicted molar refractivity (Wildman–Crippen MR) is 94.8 cm³/mol. The maximum atomic E-state index is 10.9. The number of carboxylic acids is 3. The van der Waals surface area contributed by atoms with Gasteiger partial charge in [0.2, 0.25) is 0 Å². The number of aliphatic carboxylic acids is 3. The van der Waals surface area contributed by atoms with Gasteiger partial charge in [0.25, 0.3) is 5.97 Å². The summed E-state index contributed by atoms with van der Waals surface area (Å²) in [7, 11) is 0. The zero-order valence-corrected chi connectivity index (χ0v) is 14.6. The van der Waals surface area contributed by atoms with Crippen LogP contribution >= 0.6 is 0 Å². The summed E-state index contributed by atoms with van der Waals surface area (Å²) in [6, 6.07) is 0. The van der Waals surface area contributed by atoms with E-state index in [1.165, 1.54) is 0 Å². The van der Waals surface area contributed by atoms with Crippen molar-refractivity contribution in [1.29, 1.82) is 0 Å². The van der Waals surface area contributed by atoms with Gasteiger partial charge in [-0.3, -0.25) is 9.97 Å². The first kappa shape index (κ1) is 29.7. The van der Waals surface area contributed by atoms with Crippen molar-refractivity contribution in [1.82, 2.24) is 14.5 Å². The van der Waals surface area contributed by atoms with Gasteiger partial charge < -0.3 is 30.6 Å². The van der Waals surface area contributed by atoms with E-state index in [1.807, 2.05) is 0 Å². The highest BCUT2D eigenvalue weighted by atomic mass is 16.7. The first-order chi connectivity index (χ1) is 13.1. The summed E-state index contributed by atoms with van der Waals surface area (Å²) in [6.07, 6.45) is 2.50. The molecule has 15 heteroatoms. The summed E-state index contributed by atoms with van der Waals surface area (Å²) in [4.78, 5) is 63.4. The predicted octanol–water partition coefficient (Wildman–Crippen LogP) is -3.37. The van der Waals surface area contributed by atoms with Crippen molar-refractivity contribution in [3.05, 3.63) is 69.4 Å². The molecule has 1 aromatic heterocycles. The Balaban J connectivity index is -0.000000373. The summed E-state index contributed by atoms with van der Waals surface area (Å²) < 4.78 is 0.224. The molecule has 8 N–H and O–H groups in total. The molecule has 1 heterocycles. The van der Waals surface area contributed by atoms with Crippen LogP contribution in [-0.4, -0.2) is 69.1 Å². The van der Waals surface area contributed by atoms with Crippen LogP contribution in [0.3, 0.4) is 0 Å². The Bertz CT molecular complexity index is 808. The molecule has 1 aromatic rings. The van der Waals surface area contributed by atoms with Crippen LogP contribution < -0.4 is 17.1 Å². The molecule has 0 saturated heterocycles. The van der Waals surface area contributed by atoms with Gasteiger partial charge in [0.05, 0.1) is 0 Å². The number of rotatable bonds is 5. The number of aromatic nitrogens is 3. The first-order valence-electron chi connectivity index (χ1n) is 6.77. The number of aromatic amines is 2. The molecule has 0 radical (unpaired) electrons. The van der Waals surface area contributed by atoms with Gasteiger partial charge in [0.15, 0.2) is 0 Å². The van der Waals surface area contributed by atoms with Gasteiger partial charge in [-0.2, -0.15) is 0 Å². The highest BCUT2D eigenvalue weighted by Gasteiger charge is 2.21. The van der Waals surface area contributed by atoms with Gasteiger partial charge in [0, 0.05) is 18.2 Å². The maximum absolute atomic E-state index is 10.9. The van der Waals surface area contributed by atoms with E-state index in [0.29, 0.717) is 0 Å². The summed E-state index contributed by atoms with van der Waals surface area (Å²) in [6.45, 7) is 7.81. The third kappa shape index (κ3) is 21.9. The zero-order chi connectivity index (χ0) is 23.8. The van der Waals surface area contributed by atoms with Crippen LogP contribution in [0.5, 0.6) is 0 Å². The van der Waals surface area contributed by atoms with Crippen molar-refractivity contribution in [2.75, 3.05) is 0 Å². The average molecular weight is 421 g/mol. The molecule has 0 unspecified atom stereocenters. The molecule has 29 heavy (non-hydrogen) atoms. The van der Waals surface area contributed by atoms with Crippen LogP contribution in [0.2, 0.25) is 0 Å². The van der Waals surface area contributed by atoms with E-state index in [4.69, 9.17) is 30.6 Å². The number of H-pyrrole nitrogens is 2. The van der Waals surface area contributed by atoms with Crippen molar-refractivity contribution in [3.63, 3.8) is 0 Å². The molecule has 0 fully saturated rings. The highest BCUT2D eigenvalue weighted by molar-refractivity contribution is 5.79. The van der Waals surface area contributed by atoms with E-state index < -0.39 is 47.5 Å². The zero-order valence-electron chi connectivity index (χ0n) is 14.6. The van der Waals surface area contributed by atoms with Crippen LogP contribution in [0.4, 0.5) is 0 Å². The lowest BCUT2D eigenvalue weighted by Crippen LogP contribution is -2.48. The SMILES string of the molecule is C=CC(=O)O.C=CC(=O)O.C=CC(=O)O.O=c1[nH]c(=O)n(CC(O)(O)O)c(=O)[nH]1. The number of nitrogens with one attached hydrogen (secondary N) is 2. The maximum Gasteiger partial charge on any atom is 0.333 e. The smallest absolute Gasteiger partial charge is 0.333 e. The highest BCUT2D eigenvalue weighted by Crippen LogP contribution is 1.92. The van der Waals surface area contributed by atoms with Gasteiger partial charge in [0.1, 0.15) is 6.54 Å². The summed E-state index contributed by atoms with van der Waals surface area (Å²) in [5, 5.41) is 48.3. The fraction of sp³-hybridized carbons (Fsp3) is 0.143. The Morgan fingerprint density at radius 2 is 1.03 bits per heavy atom. The van der Waals surface area contributed by atoms with Gasteiger partial charge in [-0.15, -0.1) is 0 Å². The van der Waals surface area contributed by atoms with Crippen molar-refractivity contribution < 1.29 is 45.0 Å². The van der Waals surface area contributed by atoms with Crippen molar-refractivity contribution >= 4 is 17.9 Å². The molecular weight excluding hydrogens is 402 g/mol. The lowest BCUT2D eigenvalue weighted by molar-refractivity contribution is -0.319. The van der Waals surface area contributed by atoms with E-state index in [9.17, 15) is 28.8 Å². The molecule has 0 aromatic carbocycles. The third-order valence-corrected chi connectivity index (χ3v) is 1.83. The Morgan fingerprint density at radius 1 is 0.793 bits per heavy atom. The van der Waals surface area contributed by atoms with Crippen LogP contribution in [0.25, 0.3) is 0 Å². The van der Waals surface area contributed by atoms with Crippen LogP contribution in [-0.2, 0) is 20.9 Å². The minimum atomic E-state index is -3.20. The van der Waals surface area contributed by atoms with Crippen molar-refractivity contribution in [2.45, 2.75) is 12.5 Å². The number of hydrogen-bond donors (Lipinski definition) is 8. The Hall–Kier alpha value is -4.08. The standard InChI is InChI=1S/C5H7N3O6.3C3H4O2/c9-2-6-3(10)8(4(11)7-2)1-5(12,13)14;3*1-2-3(4)5/h12-14H,1H2,(H2,6,7,9,10,11);3*2H,1H2,(H,4,5). The lowest BCUT2D eigenvalue weighted by atomic mass is 10.5. The van der Waals surface area contributed by atoms with Gasteiger partial charge in [-0.1, -0.05) is 19.7 Å². The summed E-state index contributed by atoms with van der Waals surface area (Å²) >= 11 is 0. The van der Waals surface area contributed by atoms with E-state index in [2.05, 4.69) is 19.7 Å². The number of carbonyl (C=O) groups is 3. The largest absolute Gasteiger partial charge is 0.478 e. The Morgan fingerprint density at radius 3 is 1.21 bits per heavy atom. The molecule has 0 aliphatic carbocycles. The number of aliphatic hydroxyl groups is 3. The Kier molecular flexibility index (Phi) is 15.4. The van der Waals surface area contributed by atoms with E-state index in [1.54, 1.807) is 9.97 Å². The number of carboxylic acid groups (broad SMARTS) is 3. The second kappa shape index (κ2) is 15.0. The van der Waals surface area contributed by atoms with Gasteiger partial charge in [-0.25, -0.2) is 33.3 Å². The normalized spacial score (nSPS) is 8.93. The van der Waals surface area contributed by atoms with E-state index >= 15 is 0 Å². The molecule has 0 aliphatic heterocycles. The molecule has 15 nitrogen and oxygen atoms in total. The van der Waals surface area contributed by atoms with Gasteiger partial charge >= 0.3 is 35.0 Å². The van der Waals surface area contributed by atoms with Gasteiger partial charge in [-0.05, 0) is 0 Å². The van der Waals surface area contributed by atoms with E-state index in [-0.39, 0.29) is 4.57 Å². The molecule has 1 rings (SSSR count). The van der Waals surface area contributed by atoms with E-state index in [0.717, 1.165) is 18.2 Å². The average Bonchev–Trinajstić information content (AvgIpc) is 2.58. The molecule has 0 bridgehead atoms. The fourth-order valence-electron chi connectivity index (χ4n) is 0.808. The second-order valence-electron chi connectivity index (χ2n) is 4.18. The molecule has 0 aliphatic rings. The first-order valence-corrected chi connectivity index (χ1v) is 6.77. The molecule has 162 valence electrons. The second-order valence-corrected chi connectivity index (χ2v) is 4.18. The van der Waals surface area contributed by atoms with Crippen molar-refractivity contribution in [3.8, 4) is 0 Å². The fourth-order valence-corrected chi connectivity index (χ4v) is 0.808. The molecule has 0 saturated carbocycles. The molecule has 0 atom stereocenters.